The Labute approximate surface area is 75.7 Å². The summed E-state index contributed by atoms with van der Waals surface area (Å²) < 4.78 is 43.0. The highest BCUT2D eigenvalue weighted by molar-refractivity contribution is 4.78. The second-order valence-corrected chi connectivity index (χ2v) is 3.60. The summed E-state index contributed by atoms with van der Waals surface area (Å²) in [5, 5.41) is 0. The number of nitrogens with zero attached hydrogens (tertiary/aromatic N) is 1. The lowest BCUT2D eigenvalue weighted by Crippen LogP contribution is -2.41. The van der Waals surface area contributed by atoms with Gasteiger partial charge in [-0.2, -0.15) is 0 Å². The Morgan fingerprint density at radius 3 is 2.62 bits per heavy atom. The quantitative estimate of drug-likeness (QED) is 0.633. The lowest BCUT2D eigenvalue weighted by atomic mass is 10.2. The van der Waals surface area contributed by atoms with Gasteiger partial charge in [0.05, 0.1) is 13.1 Å². The lowest BCUT2D eigenvalue weighted by Gasteiger charge is -2.26. The monoisotopic (exact) mass is 197 g/mol. The summed E-state index contributed by atoms with van der Waals surface area (Å²) in [5.41, 5.74) is 0. The Morgan fingerprint density at radius 2 is 2.08 bits per heavy atom. The molecule has 0 aromatic carbocycles. The van der Waals surface area contributed by atoms with Gasteiger partial charge in [0, 0.05) is 6.04 Å². The summed E-state index contributed by atoms with van der Waals surface area (Å²) in [6.07, 6.45) is -1.60. The largest absolute Gasteiger partial charge is 0.341 e. The van der Waals surface area contributed by atoms with Gasteiger partial charge in [-0.05, 0) is 13.8 Å². The zero-order chi connectivity index (χ0) is 10.1. The van der Waals surface area contributed by atoms with Gasteiger partial charge in [-0.15, -0.1) is 0 Å². The fourth-order valence-corrected chi connectivity index (χ4v) is 1.25. The van der Waals surface area contributed by atoms with E-state index in [1.807, 2.05) is 0 Å². The number of halogens is 3. The number of hydrogen-bond acceptors (Lipinski definition) is 2. The van der Waals surface area contributed by atoms with E-state index in [0.717, 1.165) is 0 Å². The van der Waals surface area contributed by atoms with Crippen LogP contribution in [0.2, 0.25) is 0 Å². The zero-order valence-electron chi connectivity index (χ0n) is 7.77. The summed E-state index contributed by atoms with van der Waals surface area (Å²) in [6, 6.07) is -0.0918. The van der Waals surface area contributed by atoms with Crippen LogP contribution >= 0.6 is 0 Å². The van der Waals surface area contributed by atoms with E-state index in [1.165, 1.54) is 4.90 Å². The molecule has 1 aliphatic heterocycles. The fraction of sp³-hybridized carbons (Fsp3) is 1.00. The average molecular weight is 197 g/mol. The minimum atomic E-state index is -2.94. The molecule has 0 N–H and O–H groups in total. The third-order valence-electron chi connectivity index (χ3n) is 2.02. The Bertz CT molecular complexity index is 175. The van der Waals surface area contributed by atoms with Gasteiger partial charge < -0.3 is 4.74 Å². The number of alkyl halides is 3. The van der Waals surface area contributed by atoms with Gasteiger partial charge in [-0.3, -0.25) is 4.90 Å². The first kappa shape index (κ1) is 10.8. The Morgan fingerprint density at radius 1 is 1.46 bits per heavy atom. The molecule has 0 aromatic rings. The molecular formula is C8H14F3NO. The Balaban J connectivity index is 2.63. The van der Waals surface area contributed by atoms with Crippen LogP contribution in [-0.2, 0) is 4.74 Å². The molecule has 0 radical (unpaired) electrons. The van der Waals surface area contributed by atoms with Crippen molar-refractivity contribution in [2.75, 3.05) is 19.7 Å². The van der Waals surface area contributed by atoms with E-state index >= 15 is 0 Å². The standard InChI is InChI=1S/C8H14F3NO/c1-6(2)12-3-7(9)13-5-8(10,11)4-12/h6-7H,3-5H2,1-2H3/t7-/m0/s1. The van der Waals surface area contributed by atoms with Crippen molar-refractivity contribution in [2.45, 2.75) is 32.2 Å². The minimum Gasteiger partial charge on any atom is -0.341 e. The Hall–Kier alpha value is -0.290. The fourth-order valence-electron chi connectivity index (χ4n) is 1.25. The summed E-state index contributed by atoms with van der Waals surface area (Å²) in [7, 11) is 0. The van der Waals surface area contributed by atoms with Crippen LogP contribution in [0.4, 0.5) is 13.2 Å². The predicted molar refractivity (Wildman–Crippen MR) is 42.5 cm³/mol. The lowest BCUT2D eigenvalue weighted by molar-refractivity contribution is -0.109. The number of ether oxygens (including phenoxy) is 1. The smallest absolute Gasteiger partial charge is 0.283 e. The molecule has 0 aliphatic carbocycles. The van der Waals surface area contributed by atoms with Gasteiger partial charge in [0.1, 0.15) is 6.61 Å². The van der Waals surface area contributed by atoms with Crippen LogP contribution < -0.4 is 0 Å². The van der Waals surface area contributed by atoms with Gasteiger partial charge in [0.25, 0.3) is 5.92 Å². The second-order valence-electron chi connectivity index (χ2n) is 3.60. The van der Waals surface area contributed by atoms with Gasteiger partial charge in [-0.1, -0.05) is 0 Å². The van der Waals surface area contributed by atoms with E-state index in [4.69, 9.17) is 0 Å². The topological polar surface area (TPSA) is 12.5 Å². The first-order valence-electron chi connectivity index (χ1n) is 4.28. The highest BCUT2D eigenvalue weighted by Crippen LogP contribution is 2.22. The van der Waals surface area contributed by atoms with Crippen molar-refractivity contribution in [3.63, 3.8) is 0 Å². The maximum atomic E-state index is 12.9. The molecule has 2 nitrogen and oxygen atoms in total. The van der Waals surface area contributed by atoms with Gasteiger partial charge >= 0.3 is 0 Å². The maximum absolute atomic E-state index is 12.9. The average Bonchev–Trinajstić information content (AvgIpc) is 2.11. The third-order valence-corrected chi connectivity index (χ3v) is 2.02. The number of rotatable bonds is 1. The van der Waals surface area contributed by atoms with Crippen molar-refractivity contribution >= 4 is 0 Å². The molecule has 1 atom stereocenters. The van der Waals surface area contributed by atoms with Crippen LogP contribution in [0.25, 0.3) is 0 Å². The van der Waals surface area contributed by atoms with Crippen LogP contribution in [0.3, 0.4) is 0 Å². The van der Waals surface area contributed by atoms with E-state index in [-0.39, 0.29) is 12.6 Å². The molecule has 78 valence electrons. The normalized spacial score (nSPS) is 30.5. The maximum Gasteiger partial charge on any atom is 0.283 e. The number of hydrogen-bond donors (Lipinski definition) is 0. The predicted octanol–water partition coefficient (Wildman–Crippen LogP) is 1.66. The molecule has 13 heavy (non-hydrogen) atoms. The van der Waals surface area contributed by atoms with Crippen LogP contribution in [-0.4, -0.2) is 42.9 Å². The zero-order valence-corrected chi connectivity index (χ0v) is 7.77. The Kier molecular flexibility index (Phi) is 3.18. The van der Waals surface area contributed by atoms with Crippen LogP contribution in [0.5, 0.6) is 0 Å². The second kappa shape index (κ2) is 3.84. The van der Waals surface area contributed by atoms with E-state index in [0.29, 0.717) is 0 Å². The highest BCUT2D eigenvalue weighted by Gasteiger charge is 2.38. The summed E-state index contributed by atoms with van der Waals surface area (Å²) in [6.45, 7) is 2.19. The molecule has 0 saturated carbocycles. The molecule has 5 heteroatoms. The van der Waals surface area contributed by atoms with E-state index in [2.05, 4.69) is 4.74 Å². The summed E-state index contributed by atoms with van der Waals surface area (Å²) in [4.78, 5) is 1.39. The van der Waals surface area contributed by atoms with Crippen LogP contribution in [0.1, 0.15) is 13.8 Å². The van der Waals surface area contributed by atoms with Crippen LogP contribution in [0.15, 0.2) is 0 Å². The first-order chi connectivity index (χ1) is 5.91. The SMILES string of the molecule is CC(C)N1C[C@@H](F)OCC(F)(F)C1. The van der Waals surface area contributed by atoms with Crippen LogP contribution in [0, 0.1) is 0 Å². The van der Waals surface area contributed by atoms with Gasteiger partial charge in [-0.25, -0.2) is 13.2 Å². The molecular weight excluding hydrogens is 183 g/mol. The molecule has 0 spiro atoms. The van der Waals surface area contributed by atoms with Crippen molar-refractivity contribution in [1.82, 2.24) is 4.90 Å². The summed E-state index contributed by atoms with van der Waals surface area (Å²) >= 11 is 0. The van der Waals surface area contributed by atoms with E-state index < -0.39 is 25.4 Å². The highest BCUT2D eigenvalue weighted by atomic mass is 19.3. The van der Waals surface area contributed by atoms with Crippen molar-refractivity contribution < 1.29 is 17.9 Å². The van der Waals surface area contributed by atoms with Crippen molar-refractivity contribution in [3.05, 3.63) is 0 Å². The van der Waals surface area contributed by atoms with E-state index in [1.54, 1.807) is 13.8 Å². The molecule has 1 saturated heterocycles. The first-order valence-corrected chi connectivity index (χ1v) is 4.28. The van der Waals surface area contributed by atoms with Gasteiger partial charge in [0.2, 0.25) is 6.36 Å². The van der Waals surface area contributed by atoms with Crippen molar-refractivity contribution in [2.24, 2.45) is 0 Å². The minimum absolute atomic E-state index is 0.0761. The molecule has 0 aromatic heterocycles. The van der Waals surface area contributed by atoms with Gasteiger partial charge in [0.15, 0.2) is 0 Å². The molecule has 1 aliphatic rings. The molecule has 0 amide bonds. The molecule has 1 heterocycles. The van der Waals surface area contributed by atoms with Crippen molar-refractivity contribution in [1.29, 1.82) is 0 Å². The summed E-state index contributed by atoms with van der Waals surface area (Å²) in [5.74, 6) is -2.94. The third kappa shape index (κ3) is 3.15. The molecule has 1 rings (SSSR count). The molecule has 0 unspecified atom stereocenters. The van der Waals surface area contributed by atoms with E-state index in [9.17, 15) is 13.2 Å². The van der Waals surface area contributed by atoms with Crippen molar-refractivity contribution in [3.8, 4) is 0 Å². The molecule has 0 bridgehead atoms. The molecule has 1 fully saturated rings.